The molecule has 0 unspecified atom stereocenters. The van der Waals surface area contributed by atoms with E-state index in [-0.39, 0.29) is 24.5 Å². The van der Waals surface area contributed by atoms with Crippen LogP contribution in [0.15, 0.2) is 11.6 Å². The van der Waals surface area contributed by atoms with Crippen molar-refractivity contribution in [2.45, 2.75) is 142 Å². The number of rotatable bonds is 8. The Morgan fingerprint density at radius 1 is 0.953 bits per heavy atom. The quantitative estimate of drug-likeness (QED) is 0.276. The summed E-state index contributed by atoms with van der Waals surface area (Å²) < 4.78 is 16.8. The first-order valence-electron chi connectivity index (χ1n) is 15.6. The Kier molecular flexibility index (Phi) is 8.79. The Morgan fingerprint density at radius 2 is 1.56 bits per heavy atom. The largest absolute Gasteiger partial charge is 0.459 e. The predicted molar refractivity (Wildman–Crippen MR) is 155 cm³/mol. The Hall–Kier alpha value is -2.30. The molecule has 10 atom stereocenters. The lowest BCUT2D eigenvalue weighted by atomic mass is 9.45. The molecule has 0 aliphatic heterocycles. The number of hydrogen-bond acceptors (Lipinski definition) is 10. The second kappa shape index (κ2) is 11.2. The number of ether oxygens (including phenoxy) is 3. The van der Waals surface area contributed by atoms with Crippen LogP contribution in [-0.2, 0) is 33.4 Å². The van der Waals surface area contributed by atoms with Gasteiger partial charge in [-0.05, 0) is 101 Å². The molecular formula is C33H50O10. The molecular weight excluding hydrogens is 556 g/mol. The van der Waals surface area contributed by atoms with Gasteiger partial charge in [-0.15, -0.1) is 0 Å². The highest BCUT2D eigenvalue weighted by Crippen LogP contribution is 2.69. The fourth-order valence-corrected chi connectivity index (χ4v) is 9.32. The third-order valence-electron chi connectivity index (χ3n) is 11.4. The molecule has 0 amide bonds. The summed E-state index contributed by atoms with van der Waals surface area (Å²) in [5.41, 5.74) is -4.77. The van der Waals surface area contributed by atoms with Crippen LogP contribution in [0.2, 0.25) is 0 Å². The smallest absolute Gasteiger partial charge is 0.303 e. The van der Waals surface area contributed by atoms with Crippen molar-refractivity contribution in [2.75, 3.05) is 0 Å². The van der Waals surface area contributed by atoms with E-state index in [1.807, 2.05) is 13.8 Å². The summed E-state index contributed by atoms with van der Waals surface area (Å²) in [6, 6.07) is 0. The van der Waals surface area contributed by atoms with Crippen molar-refractivity contribution in [3.8, 4) is 0 Å². The van der Waals surface area contributed by atoms with Crippen LogP contribution in [0.25, 0.3) is 0 Å². The van der Waals surface area contributed by atoms with Gasteiger partial charge in [-0.3, -0.25) is 19.2 Å². The van der Waals surface area contributed by atoms with Gasteiger partial charge in [0, 0.05) is 32.1 Å². The summed E-state index contributed by atoms with van der Waals surface area (Å²) in [5.74, 6) is -2.81. The average molecular weight is 607 g/mol. The molecule has 0 bridgehead atoms. The highest BCUT2D eigenvalue weighted by molar-refractivity contribution is 5.95. The maximum atomic E-state index is 13.8. The van der Waals surface area contributed by atoms with E-state index in [2.05, 4.69) is 0 Å². The van der Waals surface area contributed by atoms with Crippen molar-refractivity contribution in [3.05, 3.63) is 11.6 Å². The lowest BCUT2D eigenvalue weighted by Gasteiger charge is -2.61. The molecule has 0 saturated heterocycles. The fourth-order valence-electron chi connectivity index (χ4n) is 9.32. The van der Waals surface area contributed by atoms with Crippen molar-refractivity contribution in [3.63, 3.8) is 0 Å². The molecule has 242 valence electrons. The first-order chi connectivity index (χ1) is 19.7. The topological polar surface area (TPSA) is 157 Å². The van der Waals surface area contributed by atoms with E-state index in [4.69, 9.17) is 14.2 Å². The fraction of sp³-hybridized carbons (Fsp3) is 0.818. The lowest BCUT2D eigenvalue weighted by Crippen LogP contribution is -2.63. The molecule has 0 radical (unpaired) electrons. The first-order valence-corrected chi connectivity index (χ1v) is 15.6. The summed E-state index contributed by atoms with van der Waals surface area (Å²) in [6.07, 6.45) is 2.26. The number of ketones is 1. The second-order valence-corrected chi connectivity index (χ2v) is 14.9. The summed E-state index contributed by atoms with van der Waals surface area (Å²) >= 11 is 0. The normalized spacial score (nSPS) is 39.3. The molecule has 10 nitrogen and oxygen atoms in total. The molecule has 0 aromatic carbocycles. The van der Waals surface area contributed by atoms with Gasteiger partial charge in [0.25, 0.3) is 0 Å². The van der Waals surface area contributed by atoms with Gasteiger partial charge in [0.15, 0.2) is 5.78 Å². The van der Waals surface area contributed by atoms with Crippen LogP contribution >= 0.6 is 0 Å². The van der Waals surface area contributed by atoms with Gasteiger partial charge < -0.3 is 29.5 Å². The Bertz CT molecular complexity index is 1180. The van der Waals surface area contributed by atoms with Crippen molar-refractivity contribution >= 4 is 23.7 Å². The molecule has 3 N–H and O–H groups in total. The molecule has 0 aromatic heterocycles. The Labute approximate surface area is 254 Å². The minimum Gasteiger partial charge on any atom is -0.459 e. The zero-order valence-electron chi connectivity index (χ0n) is 26.9. The number of fused-ring (bicyclic) bond motifs is 5. The van der Waals surface area contributed by atoms with Crippen LogP contribution in [0.1, 0.15) is 107 Å². The van der Waals surface area contributed by atoms with Gasteiger partial charge in [-0.1, -0.05) is 13.8 Å². The van der Waals surface area contributed by atoms with Crippen LogP contribution in [0.3, 0.4) is 0 Å². The monoisotopic (exact) mass is 606 g/mol. The third-order valence-corrected chi connectivity index (χ3v) is 11.4. The van der Waals surface area contributed by atoms with Crippen molar-refractivity contribution in [1.82, 2.24) is 0 Å². The number of aliphatic hydroxyl groups is 3. The molecule has 4 aliphatic carbocycles. The van der Waals surface area contributed by atoms with Gasteiger partial charge in [0.05, 0.1) is 11.2 Å². The summed E-state index contributed by atoms with van der Waals surface area (Å²) in [6.45, 7) is 12.8. The maximum absolute atomic E-state index is 13.8. The van der Waals surface area contributed by atoms with Crippen LogP contribution in [-0.4, -0.2) is 74.1 Å². The molecule has 4 rings (SSSR count). The van der Waals surface area contributed by atoms with Crippen molar-refractivity contribution in [2.24, 2.45) is 28.6 Å². The van der Waals surface area contributed by atoms with Crippen molar-refractivity contribution in [1.29, 1.82) is 0 Å². The van der Waals surface area contributed by atoms with Crippen LogP contribution in [0, 0.1) is 28.6 Å². The van der Waals surface area contributed by atoms with E-state index in [0.717, 1.165) is 0 Å². The number of allylic oxidation sites excluding steroid dienone is 1. The number of carbonyl (C=O) groups is 4. The Balaban J connectivity index is 1.69. The molecule has 10 heteroatoms. The van der Waals surface area contributed by atoms with E-state index >= 15 is 0 Å². The zero-order valence-corrected chi connectivity index (χ0v) is 26.9. The van der Waals surface area contributed by atoms with Gasteiger partial charge in [0.2, 0.25) is 0 Å². The highest BCUT2D eigenvalue weighted by atomic mass is 16.6. The number of esters is 3. The SMILES string of the molecule is CC(=O)O[C@H]1C[C@@]2(C)[C@@H](C[C@H]1OC(C)=O)C(=O)C=C1[C@@H]2CC[C@]2(C)[C@@H]([C@@](C)(O)[C@@H](CCC(C)(C)O)OC(C)=O)CC[C@@]12O. The van der Waals surface area contributed by atoms with Crippen LogP contribution in [0.5, 0.6) is 0 Å². The molecule has 3 saturated carbocycles. The van der Waals surface area contributed by atoms with E-state index < -0.39 is 75.7 Å². The zero-order chi connectivity index (χ0) is 32.3. The molecule has 43 heavy (non-hydrogen) atoms. The van der Waals surface area contributed by atoms with Crippen LogP contribution in [0.4, 0.5) is 0 Å². The second-order valence-electron chi connectivity index (χ2n) is 14.9. The maximum Gasteiger partial charge on any atom is 0.303 e. The first kappa shape index (κ1) is 33.6. The van der Waals surface area contributed by atoms with Gasteiger partial charge in [-0.25, -0.2) is 0 Å². The number of carbonyl (C=O) groups excluding carboxylic acids is 4. The molecule has 3 fully saturated rings. The standard InChI is InChI=1S/C33H50O10/c1-18(34)41-25-16-23-24(37)15-22-21(30(23,6)17-26(25)42-19(2)35)9-13-31(7)27(10-14-33(22,31)40)32(8,39)28(43-20(3)36)11-12-29(4,5)38/h15,21,23,25-28,38-40H,9-14,16-17H2,1-8H3/t21-,23-,25+,26-,27-,28+,30+,31+,32+,33+/m0/s1. The lowest BCUT2D eigenvalue weighted by molar-refractivity contribution is -0.196. The minimum absolute atomic E-state index is 0.150. The molecule has 0 aromatic rings. The van der Waals surface area contributed by atoms with E-state index in [1.165, 1.54) is 20.8 Å². The Morgan fingerprint density at radius 3 is 2.12 bits per heavy atom. The van der Waals surface area contributed by atoms with Gasteiger partial charge in [0.1, 0.15) is 23.9 Å². The van der Waals surface area contributed by atoms with E-state index in [9.17, 15) is 34.5 Å². The van der Waals surface area contributed by atoms with Gasteiger partial charge in [-0.2, -0.15) is 0 Å². The van der Waals surface area contributed by atoms with E-state index in [0.29, 0.717) is 44.1 Å². The summed E-state index contributed by atoms with van der Waals surface area (Å²) in [4.78, 5) is 49.7. The summed E-state index contributed by atoms with van der Waals surface area (Å²) in [7, 11) is 0. The number of hydrogen-bond donors (Lipinski definition) is 3. The third kappa shape index (κ3) is 5.91. The average Bonchev–Trinajstić information content (AvgIpc) is 3.13. The van der Waals surface area contributed by atoms with Gasteiger partial charge >= 0.3 is 17.9 Å². The molecule has 4 aliphatic rings. The van der Waals surface area contributed by atoms with Crippen LogP contribution < -0.4 is 0 Å². The molecule has 0 heterocycles. The highest BCUT2D eigenvalue weighted by Gasteiger charge is 2.69. The predicted octanol–water partition coefficient (Wildman–Crippen LogP) is 3.57. The van der Waals surface area contributed by atoms with E-state index in [1.54, 1.807) is 26.8 Å². The van der Waals surface area contributed by atoms with Crippen molar-refractivity contribution < 1.29 is 48.7 Å². The molecule has 0 spiro atoms. The summed E-state index contributed by atoms with van der Waals surface area (Å²) in [5, 5.41) is 35.0. The minimum atomic E-state index is -1.52.